The van der Waals surface area contributed by atoms with Crippen molar-refractivity contribution in [3.8, 4) is 0 Å². The summed E-state index contributed by atoms with van der Waals surface area (Å²) in [6.45, 7) is 7.41. The van der Waals surface area contributed by atoms with Crippen molar-refractivity contribution in [1.82, 2.24) is 14.8 Å². The first kappa shape index (κ1) is 18.7. The SMILES string of the molecule is CC(C)CCN1C[C@]2(CCCN(C(=O)c3cc(N)ccn3)C2)CCC1=O. The van der Waals surface area contributed by atoms with Gasteiger partial charge in [0.05, 0.1) is 0 Å². The van der Waals surface area contributed by atoms with Gasteiger partial charge < -0.3 is 15.5 Å². The van der Waals surface area contributed by atoms with E-state index < -0.39 is 0 Å². The maximum atomic E-state index is 12.9. The van der Waals surface area contributed by atoms with E-state index in [9.17, 15) is 9.59 Å². The predicted octanol–water partition coefficient (Wildman–Crippen LogP) is 2.55. The summed E-state index contributed by atoms with van der Waals surface area (Å²) < 4.78 is 0. The number of piperidine rings is 2. The van der Waals surface area contributed by atoms with E-state index >= 15 is 0 Å². The molecule has 142 valence electrons. The van der Waals surface area contributed by atoms with Crippen molar-refractivity contribution in [2.45, 2.75) is 46.0 Å². The van der Waals surface area contributed by atoms with Crippen molar-refractivity contribution in [1.29, 1.82) is 0 Å². The summed E-state index contributed by atoms with van der Waals surface area (Å²) in [6.07, 6.45) is 6.12. The molecule has 0 saturated carbocycles. The highest BCUT2D eigenvalue weighted by Crippen LogP contribution is 2.39. The zero-order chi connectivity index (χ0) is 18.7. The van der Waals surface area contributed by atoms with Gasteiger partial charge in [0.1, 0.15) is 5.69 Å². The van der Waals surface area contributed by atoms with E-state index in [2.05, 4.69) is 18.8 Å². The van der Waals surface area contributed by atoms with Crippen molar-refractivity contribution in [2.75, 3.05) is 31.9 Å². The number of nitrogens with zero attached hydrogens (tertiary/aromatic N) is 3. The zero-order valence-corrected chi connectivity index (χ0v) is 15.9. The van der Waals surface area contributed by atoms with Crippen LogP contribution in [0.1, 0.15) is 56.4 Å². The molecule has 26 heavy (non-hydrogen) atoms. The Bertz CT molecular complexity index is 676. The van der Waals surface area contributed by atoms with Crippen molar-refractivity contribution in [3.05, 3.63) is 24.0 Å². The Hall–Kier alpha value is -2.11. The number of hydrogen-bond donors (Lipinski definition) is 1. The maximum Gasteiger partial charge on any atom is 0.272 e. The number of pyridine rings is 1. The first-order valence-electron chi connectivity index (χ1n) is 9.67. The molecule has 2 aliphatic rings. The monoisotopic (exact) mass is 358 g/mol. The lowest BCUT2D eigenvalue weighted by Crippen LogP contribution is -2.55. The van der Waals surface area contributed by atoms with Crippen molar-refractivity contribution >= 4 is 17.5 Å². The molecule has 1 atom stereocenters. The highest BCUT2D eigenvalue weighted by atomic mass is 16.2. The fraction of sp³-hybridized carbons (Fsp3) is 0.650. The first-order valence-corrected chi connectivity index (χ1v) is 9.67. The van der Waals surface area contributed by atoms with Crippen LogP contribution in [0.15, 0.2) is 18.3 Å². The molecule has 0 radical (unpaired) electrons. The summed E-state index contributed by atoms with van der Waals surface area (Å²) in [4.78, 5) is 33.3. The summed E-state index contributed by atoms with van der Waals surface area (Å²) in [5, 5.41) is 0. The molecule has 6 heteroatoms. The van der Waals surface area contributed by atoms with E-state index in [-0.39, 0.29) is 17.2 Å². The molecule has 1 aromatic heterocycles. The Morgan fingerprint density at radius 3 is 2.88 bits per heavy atom. The van der Waals surface area contributed by atoms with Gasteiger partial charge in [0.2, 0.25) is 5.91 Å². The average Bonchev–Trinajstić information content (AvgIpc) is 2.62. The van der Waals surface area contributed by atoms with E-state index in [1.807, 2.05) is 9.80 Å². The zero-order valence-electron chi connectivity index (χ0n) is 15.9. The molecule has 0 aliphatic carbocycles. The van der Waals surface area contributed by atoms with E-state index in [1.165, 1.54) is 0 Å². The Balaban J connectivity index is 1.70. The smallest absolute Gasteiger partial charge is 0.272 e. The molecule has 2 saturated heterocycles. The van der Waals surface area contributed by atoms with Crippen molar-refractivity contribution < 1.29 is 9.59 Å². The Kier molecular flexibility index (Phi) is 5.49. The summed E-state index contributed by atoms with van der Waals surface area (Å²) >= 11 is 0. The number of likely N-dealkylation sites (tertiary alicyclic amines) is 2. The van der Waals surface area contributed by atoms with Crippen LogP contribution in [0.4, 0.5) is 5.69 Å². The van der Waals surface area contributed by atoms with Crippen molar-refractivity contribution in [3.63, 3.8) is 0 Å². The number of nitrogens with two attached hydrogens (primary N) is 1. The molecular formula is C20H30N4O2. The van der Waals surface area contributed by atoms with E-state index in [0.717, 1.165) is 45.3 Å². The number of anilines is 1. The third-order valence-corrected chi connectivity index (χ3v) is 5.68. The summed E-state index contributed by atoms with van der Waals surface area (Å²) in [5.74, 6) is 0.791. The van der Waals surface area contributed by atoms with Crippen LogP contribution in [0, 0.1) is 11.3 Å². The van der Waals surface area contributed by atoms with Gasteiger partial charge in [-0.25, -0.2) is 0 Å². The predicted molar refractivity (Wildman–Crippen MR) is 101 cm³/mol. The number of carbonyl (C=O) groups is 2. The summed E-state index contributed by atoms with van der Waals surface area (Å²) in [6, 6.07) is 3.33. The van der Waals surface area contributed by atoms with Gasteiger partial charge in [-0.15, -0.1) is 0 Å². The van der Waals surface area contributed by atoms with Crippen LogP contribution in [-0.4, -0.2) is 52.8 Å². The molecule has 6 nitrogen and oxygen atoms in total. The third kappa shape index (κ3) is 4.17. The molecule has 0 bridgehead atoms. The van der Waals surface area contributed by atoms with Gasteiger partial charge in [-0.1, -0.05) is 13.8 Å². The third-order valence-electron chi connectivity index (χ3n) is 5.68. The minimum absolute atomic E-state index is 0.0269. The lowest BCUT2D eigenvalue weighted by molar-refractivity contribution is -0.139. The molecule has 0 unspecified atom stereocenters. The molecule has 3 rings (SSSR count). The number of amides is 2. The number of nitrogen functional groups attached to an aromatic ring is 1. The highest BCUT2D eigenvalue weighted by Gasteiger charge is 2.42. The first-order chi connectivity index (χ1) is 12.4. The minimum atomic E-state index is -0.0537. The molecule has 0 aromatic carbocycles. The van der Waals surface area contributed by atoms with E-state index in [0.29, 0.717) is 30.3 Å². The molecule has 1 spiro atoms. The summed E-state index contributed by atoms with van der Waals surface area (Å²) in [5.41, 5.74) is 6.79. The van der Waals surface area contributed by atoms with Gasteiger partial charge in [-0.3, -0.25) is 14.6 Å². The second-order valence-corrected chi connectivity index (χ2v) is 8.30. The van der Waals surface area contributed by atoms with Crippen molar-refractivity contribution in [2.24, 2.45) is 11.3 Å². The topological polar surface area (TPSA) is 79.5 Å². The second kappa shape index (κ2) is 7.64. The van der Waals surface area contributed by atoms with Gasteiger partial charge in [-0.05, 0) is 43.7 Å². The van der Waals surface area contributed by atoms with Crippen LogP contribution >= 0.6 is 0 Å². The van der Waals surface area contributed by atoms with Gasteiger partial charge in [0, 0.05) is 49.9 Å². The van der Waals surface area contributed by atoms with Gasteiger partial charge in [-0.2, -0.15) is 0 Å². The quantitative estimate of drug-likeness (QED) is 0.897. The number of aromatic nitrogens is 1. The Morgan fingerprint density at radius 2 is 2.15 bits per heavy atom. The highest BCUT2D eigenvalue weighted by molar-refractivity contribution is 5.93. The van der Waals surface area contributed by atoms with Crippen LogP contribution in [0.2, 0.25) is 0 Å². The molecule has 1 aromatic rings. The van der Waals surface area contributed by atoms with E-state index in [1.54, 1.807) is 18.3 Å². The maximum absolute atomic E-state index is 12.9. The lowest BCUT2D eigenvalue weighted by Gasteiger charge is -2.48. The number of rotatable bonds is 4. The molecular weight excluding hydrogens is 328 g/mol. The lowest BCUT2D eigenvalue weighted by atomic mass is 9.73. The van der Waals surface area contributed by atoms with Crippen LogP contribution in [-0.2, 0) is 4.79 Å². The Labute approximate surface area is 155 Å². The molecule has 2 aliphatic heterocycles. The molecule has 3 heterocycles. The molecule has 2 fully saturated rings. The molecule has 2 amide bonds. The van der Waals surface area contributed by atoms with Crippen LogP contribution in [0.3, 0.4) is 0 Å². The molecule has 2 N–H and O–H groups in total. The number of hydrogen-bond acceptors (Lipinski definition) is 4. The fourth-order valence-corrected chi connectivity index (χ4v) is 4.16. The Morgan fingerprint density at radius 1 is 1.35 bits per heavy atom. The normalized spacial score (nSPS) is 23.7. The average molecular weight is 358 g/mol. The van der Waals surface area contributed by atoms with Crippen LogP contribution < -0.4 is 5.73 Å². The van der Waals surface area contributed by atoms with Gasteiger partial charge in [0.25, 0.3) is 5.91 Å². The minimum Gasteiger partial charge on any atom is -0.399 e. The largest absolute Gasteiger partial charge is 0.399 e. The van der Waals surface area contributed by atoms with Crippen LogP contribution in [0.5, 0.6) is 0 Å². The standard InChI is InChI=1S/C20H30N4O2/c1-15(2)6-11-23-13-20(8-4-18(23)25)7-3-10-24(14-20)19(26)17-12-16(21)5-9-22-17/h5,9,12,15H,3-4,6-8,10-11,13-14H2,1-2H3,(H2,21,22)/t20-/m0/s1. The summed E-state index contributed by atoms with van der Waals surface area (Å²) in [7, 11) is 0. The van der Waals surface area contributed by atoms with Gasteiger partial charge >= 0.3 is 0 Å². The van der Waals surface area contributed by atoms with Crippen LogP contribution in [0.25, 0.3) is 0 Å². The van der Waals surface area contributed by atoms with Gasteiger partial charge in [0.15, 0.2) is 0 Å². The fourth-order valence-electron chi connectivity index (χ4n) is 4.16. The number of carbonyl (C=O) groups excluding carboxylic acids is 2. The van der Waals surface area contributed by atoms with E-state index in [4.69, 9.17) is 5.73 Å². The second-order valence-electron chi connectivity index (χ2n) is 8.30.